The average molecular weight is 775 g/mol. The molecule has 1 unspecified atom stereocenters. The number of hydrogen-bond donors (Lipinski definition) is 0. The van der Waals surface area contributed by atoms with Crippen LogP contribution in [0.15, 0.2) is 231 Å². The van der Waals surface area contributed by atoms with Crippen molar-refractivity contribution in [3.05, 3.63) is 253 Å². The van der Waals surface area contributed by atoms with E-state index < -0.39 is 5.41 Å². The second-order valence-corrected chi connectivity index (χ2v) is 16.4. The first-order valence-corrected chi connectivity index (χ1v) is 21.2. The van der Waals surface area contributed by atoms with Crippen molar-refractivity contribution in [2.75, 3.05) is 4.90 Å². The summed E-state index contributed by atoms with van der Waals surface area (Å²) in [5.74, 6) is 0. The van der Waals surface area contributed by atoms with Gasteiger partial charge in [0.25, 0.3) is 0 Å². The van der Waals surface area contributed by atoms with Crippen LogP contribution in [-0.4, -0.2) is 4.57 Å². The van der Waals surface area contributed by atoms with Gasteiger partial charge in [-0.05, 0) is 91.9 Å². The first-order valence-electron chi connectivity index (χ1n) is 21.2. The van der Waals surface area contributed by atoms with E-state index in [0.29, 0.717) is 0 Å². The Morgan fingerprint density at radius 3 is 1.82 bits per heavy atom. The monoisotopic (exact) mass is 774 g/mol. The lowest BCUT2D eigenvalue weighted by atomic mass is 9.65. The molecule has 13 rings (SSSR count). The van der Waals surface area contributed by atoms with Gasteiger partial charge >= 0.3 is 0 Å². The smallest absolute Gasteiger partial charge is 0.0755 e. The topological polar surface area (TPSA) is 8.17 Å². The van der Waals surface area contributed by atoms with Gasteiger partial charge in [0.05, 0.1) is 33.5 Å². The van der Waals surface area contributed by atoms with E-state index in [9.17, 15) is 0 Å². The third kappa shape index (κ3) is 4.73. The van der Waals surface area contributed by atoms with Crippen LogP contribution in [0.4, 0.5) is 17.1 Å². The van der Waals surface area contributed by atoms with Gasteiger partial charge in [0.1, 0.15) is 0 Å². The summed E-state index contributed by atoms with van der Waals surface area (Å²) in [5.41, 5.74) is 19.2. The molecule has 1 aromatic heterocycles. The number of nitrogens with zero attached hydrogens (tertiary/aromatic N) is 2. The highest BCUT2D eigenvalue weighted by atomic mass is 15.1. The molecule has 0 amide bonds. The Bertz CT molecular complexity index is 3530. The minimum absolute atomic E-state index is 0.556. The van der Waals surface area contributed by atoms with E-state index in [1.54, 1.807) is 0 Å². The van der Waals surface area contributed by atoms with Crippen LogP contribution in [-0.2, 0) is 5.41 Å². The van der Waals surface area contributed by atoms with Crippen molar-refractivity contribution >= 4 is 49.6 Å². The summed E-state index contributed by atoms with van der Waals surface area (Å²) in [6.45, 7) is 0. The first kappa shape index (κ1) is 34.0. The lowest BCUT2D eigenvalue weighted by Gasteiger charge is -2.40. The number of rotatable bonds is 5. The Labute approximate surface area is 354 Å². The molecule has 1 spiro atoms. The fourth-order valence-corrected chi connectivity index (χ4v) is 10.9. The predicted molar refractivity (Wildman–Crippen MR) is 255 cm³/mol. The molecule has 1 aliphatic heterocycles. The summed E-state index contributed by atoms with van der Waals surface area (Å²) in [4.78, 5) is 2.51. The molecule has 2 heterocycles. The Morgan fingerprint density at radius 1 is 0.344 bits per heavy atom. The summed E-state index contributed by atoms with van der Waals surface area (Å²) in [6, 6.07) is 85.4. The largest absolute Gasteiger partial charge is 0.309 e. The molecule has 0 saturated heterocycles. The van der Waals surface area contributed by atoms with Crippen LogP contribution >= 0.6 is 0 Å². The van der Waals surface area contributed by atoms with Gasteiger partial charge in [0.2, 0.25) is 0 Å². The van der Waals surface area contributed by atoms with Crippen LogP contribution in [0, 0.1) is 0 Å². The minimum atomic E-state index is -0.556. The van der Waals surface area contributed by atoms with Gasteiger partial charge in [-0.25, -0.2) is 0 Å². The molecule has 1 atom stereocenters. The second-order valence-electron chi connectivity index (χ2n) is 16.4. The Morgan fingerprint density at radius 2 is 0.934 bits per heavy atom. The summed E-state index contributed by atoms with van der Waals surface area (Å²) in [6.07, 6.45) is 0. The van der Waals surface area contributed by atoms with Gasteiger partial charge in [-0.3, -0.25) is 0 Å². The third-order valence-corrected chi connectivity index (χ3v) is 13.4. The van der Waals surface area contributed by atoms with Gasteiger partial charge in [-0.2, -0.15) is 0 Å². The standard InChI is InChI=1S/C59H38N2/c1-2-16-39(17-3-1)40-32-34-42(35-33-40)45-21-7-11-28-54(45)60(55-31-14-19-41-18-4-5-20-44(41)55)43-36-37-47-46-22-6-9-25-50(46)59(53(47)38-43)51-26-10-13-30-57(51)61-56-29-12-8-23-48(56)49-24-15-27-52(59)58(49)61/h1-38H. The van der Waals surface area contributed by atoms with E-state index >= 15 is 0 Å². The van der Waals surface area contributed by atoms with Crippen molar-refractivity contribution in [3.63, 3.8) is 0 Å². The van der Waals surface area contributed by atoms with Crippen molar-refractivity contribution in [2.24, 2.45) is 0 Å². The molecule has 0 saturated carbocycles. The van der Waals surface area contributed by atoms with Crippen LogP contribution < -0.4 is 4.90 Å². The lowest BCUT2D eigenvalue weighted by Crippen LogP contribution is -2.33. The SMILES string of the molecule is c1ccc(-c2ccc(-c3ccccc3N(c3ccc4c(c3)C3(c5ccccc5-4)c4ccccc4-n4c5ccccc5c5cccc3c54)c3cccc4ccccc34)cc2)cc1. The summed E-state index contributed by atoms with van der Waals surface area (Å²) in [5, 5.41) is 4.98. The molecular weight excluding hydrogens is 737 g/mol. The number of para-hydroxylation sites is 4. The molecule has 10 aromatic carbocycles. The van der Waals surface area contributed by atoms with E-state index in [1.165, 1.54) is 93.9 Å². The van der Waals surface area contributed by atoms with Gasteiger partial charge in [0.15, 0.2) is 0 Å². The molecule has 2 nitrogen and oxygen atoms in total. The summed E-state index contributed by atoms with van der Waals surface area (Å²) in [7, 11) is 0. The summed E-state index contributed by atoms with van der Waals surface area (Å²) >= 11 is 0. The Balaban J connectivity index is 1.10. The average Bonchev–Trinajstić information content (AvgIpc) is 3.83. The normalized spacial score (nSPS) is 14.6. The lowest BCUT2D eigenvalue weighted by molar-refractivity contribution is 0.748. The highest BCUT2D eigenvalue weighted by Crippen LogP contribution is 2.62. The van der Waals surface area contributed by atoms with Crippen LogP contribution in [0.1, 0.15) is 22.3 Å². The highest BCUT2D eigenvalue weighted by Gasteiger charge is 2.51. The second kappa shape index (κ2) is 13.0. The zero-order chi connectivity index (χ0) is 40.1. The molecule has 2 heteroatoms. The molecule has 61 heavy (non-hydrogen) atoms. The molecule has 284 valence electrons. The van der Waals surface area contributed by atoms with E-state index in [-0.39, 0.29) is 0 Å². The predicted octanol–water partition coefficient (Wildman–Crippen LogP) is 15.4. The fraction of sp³-hybridized carbons (Fsp3) is 0.0169. The van der Waals surface area contributed by atoms with Crippen molar-refractivity contribution < 1.29 is 0 Å². The molecule has 0 bridgehead atoms. The quantitative estimate of drug-likeness (QED) is 0.169. The zero-order valence-electron chi connectivity index (χ0n) is 33.3. The van der Waals surface area contributed by atoms with Crippen molar-refractivity contribution in [1.82, 2.24) is 4.57 Å². The minimum Gasteiger partial charge on any atom is -0.309 e. The molecular formula is C59H38N2. The van der Waals surface area contributed by atoms with Crippen LogP contribution in [0.3, 0.4) is 0 Å². The maximum Gasteiger partial charge on any atom is 0.0755 e. The van der Waals surface area contributed by atoms with Crippen molar-refractivity contribution in [1.29, 1.82) is 0 Å². The van der Waals surface area contributed by atoms with E-state index in [1.807, 2.05) is 0 Å². The maximum atomic E-state index is 2.52. The van der Waals surface area contributed by atoms with E-state index in [4.69, 9.17) is 0 Å². The number of fused-ring (bicyclic) bond motifs is 13. The molecule has 1 aliphatic carbocycles. The number of aromatic nitrogens is 1. The Hall–Kier alpha value is -7.94. The van der Waals surface area contributed by atoms with Crippen molar-refractivity contribution in [2.45, 2.75) is 5.41 Å². The van der Waals surface area contributed by atoms with Gasteiger partial charge in [-0.15, -0.1) is 0 Å². The first-order chi connectivity index (χ1) is 30.3. The summed E-state index contributed by atoms with van der Waals surface area (Å²) < 4.78 is 2.52. The van der Waals surface area contributed by atoms with Gasteiger partial charge in [0, 0.05) is 27.4 Å². The molecule has 2 aliphatic rings. The molecule has 0 radical (unpaired) electrons. The highest BCUT2D eigenvalue weighted by molar-refractivity contribution is 6.13. The molecule has 0 N–H and O–H groups in total. The van der Waals surface area contributed by atoms with Crippen LogP contribution in [0.25, 0.3) is 71.6 Å². The maximum absolute atomic E-state index is 2.52. The van der Waals surface area contributed by atoms with Crippen LogP contribution in [0.5, 0.6) is 0 Å². The number of benzene rings is 10. The van der Waals surface area contributed by atoms with Gasteiger partial charge in [-0.1, -0.05) is 194 Å². The zero-order valence-corrected chi connectivity index (χ0v) is 33.3. The van der Waals surface area contributed by atoms with E-state index in [2.05, 4.69) is 240 Å². The Kier molecular flexibility index (Phi) is 7.26. The fourth-order valence-electron chi connectivity index (χ4n) is 10.9. The third-order valence-electron chi connectivity index (χ3n) is 13.4. The molecule has 11 aromatic rings. The van der Waals surface area contributed by atoms with Crippen molar-refractivity contribution in [3.8, 4) is 39.1 Å². The number of hydrogen-bond acceptors (Lipinski definition) is 1. The molecule has 0 fully saturated rings. The van der Waals surface area contributed by atoms with E-state index in [0.717, 1.165) is 17.1 Å². The number of anilines is 3. The van der Waals surface area contributed by atoms with Crippen LogP contribution in [0.2, 0.25) is 0 Å². The van der Waals surface area contributed by atoms with Gasteiger partial charge < -0.3 is 9.47 Å².